The number of amides is 1. The van der Waals surface area contributed by atoms with Crippen molar-refractivity contribution in [2.24, 2.45) is 0 Å². The fourth-order valence-electron chi connectivity index (χ4n) is 2.19. The van der Waals surface area contributed by atoms with Crippen molar-refractivity contribution >= 4 is 17.2 Å². The van der Waals surface area contributed by atoms with Gasteiger partial charge in [0.25, 0.3) is 5.91 Å². The molecule has 0 atom stereocenters. The highest BCUT2D eigenvalue weighted by molar-refractivity contribution is 7.16. The molecule has 0 saturated carbocycles. The molecule has 2 aromatic rings. The van der Waals surface area contributed by atoms with Gasteiger partial charge in [-0.15, -0.1) is 0 Å². The van der Waals surface area contributed by atoms with Crippen molar-refractivity contribution in [1.29, 1.82) is 0 Å². The molecule has 2 heterocycles. The zero-order valence-electron chi connectivity index (χ0n) is 12.9. The van der Waals surface area contributed by atoms with Crippen LogP contribution in [0.25, 0.3) is 5.13 Å². The van der Waals surface area contributed by atoms with Gasteiger partial charge in [0.15, 0.2) is 0 Å². The van der Waals surface area contributed by atoms with Crippen LogP contribution in [0.15, 0.2) is 6.07 Å². The van der Waals surface area contributed by atoms with Crippen LogP contribution in [0.3, 0.4) is 0 Å². The second-order valence-electron chi connectivity index (χ2n) is 4.99. The summed E-state index contributed by atoms with van der Waals surface area (Å²) in [5, 5.41) is 23.1. The molecule has 1 amide bonds. The number of carbonyl (C=O) groups is 1. The largest absolute Gasteiger partial charge is 0.395 e. The lowest BCUT2D eigenvalue weighted by Crippen LogP contribution is -2.35. The van der Waals surface area contributed by atoms with Crippen molar-refractivity contribution in [2.45, 2.75) is 20.8 Å². The third-order valence-corrected chi connectivity index (χ3v) is 4.32. The molecule has 0 aliphatic carbocycles. The summed E-state index contributed by atoms with van der Waals surface area (Å²) >= 11 is 1.26. The third-order valence-electron chi connectivity index (χ3n) is 3.20. The normalized spacial score (nSPS) is 11.0. The van der Waals surface area contributed by atoms with Gasteiger partial charge in [0, 0.05) is 18.8 Å². The standard InChI is InChI=1S/C14H20N4O3S/c1-9-8-10(2)18(16-9)14-15-11(3)12(22-14)13(21)17(4-6-19)5-7-20/h8,19-20H,4-7H2,1-3H3. The van der Waals surface area contributed by atoms with E-state index in [1.807, 2.05) is 19.9 Å². The molecular formula is C14H20N4O3S. The van der Waals surface area contributed by atoms with E-state index < -0.39 is 0 Å². The van der Waals surface area contributed by atoms with E-state index in [0.717, 1.165) is 11.4 Å². The quantitative estimate of drug-likeness (QED) is 0.815. The minimum absolute atomic E-state index is 0.145. The van der Waals surface area contributed by atoms with E-state index in [1.54, 1.807) is 11.6 Å². The molecular weight excluding hydrogens is 304 g/mol. The van der Waals surface area contributed by atoms with Gasteiger partial charge in [0.2, 0.25) is 5.13 Å². The van der Waals surface area contributed by atoms with Crippen molar-refractivity contribution in [3.8, 4) is 5.13 Å². The predicted molar refractivity (Wildman–Crippen MR) is 83.5 cm³/mol. The fraction of sp³-hybridized carbons (Fsp3) is 0.500. The van der Waals surface area contributed by atoms with Gasteiger partial charge in [-0.3, -0.25) is 4.79 Å². The summed E-state index contributed by atoms with van der Waals surface area (Å²) in [6, 6.07) is 1.95. The number of hydrogen-bond donors (Lipinski definition) is 2. The molecule has 0 radical (unpaired) electrons. The van der Waals surface area contributed by atoms with E-state index in [0.29, 0.717) is 15.7 Å². The number of nitrogens with zero attached hydrogens (tertiary/aromatic N) is 4. The topological polar surface area (TPSA) is 91.5 Å². The molecule has 120 valence electrons. The fourth-order valence-corrected chi connectivity index (χ4v) is 3.24. The van der Waals surface area contributed by atoms with E-state index >= 15 is 0 Å². The van der Waals surface area contributed by atoms with Crippen molar-refractivity contribution in [2.75, 3.05) is 26.3 Å². The Balaban J connectivity index is 2.33. The van der Waals surface area contributed by atoms with E-state index in [4.69, 9.17) is 10.2 Å². The highest BCUT2D eigenvalue weighted by Crippen LogP contribution is 2.24. The Hall–Kier alpha value is -1.77. The first-order chi connectivity index (χ1) is 10.5. The Kier molecular flexibility index (Phi) is 5.28. The second kappa shape index (κ2) is 6.99. The van der Waals surface area contributed by atoms with Crippen LogP contribution in [0.5, 0.6) is 0 Å². The third kappa shape index (κ3) is 3.34. The predicted octanol–water partition coefficient (Wildman–Crippen LogP) is 0.681. The zero-order chi connectivity index (χ0) is 16.3. The lowest BCUT2D eigenvalue weighted by molar-refractivity contribution is 0.0688. The van der Waals surface area contributed by atoms with Gasteiger partial charge in [-0.1, -0.05) is 11.3 Å². The Morgan fingerprint density at radius 2 is 1.91 bits per heavy atom. The molecule has 0 spiro atoms. The number of aliphatic hydroxyl groups is 2. The lowest BCUT2D eigenvalue weighted by atomic mass is 10.3. The van der Waals surface area contributed by atoms with Gasteiger partial charge < -0.3 is 15.1 Å². The van der Waals surface area contributed by atoms with Crippen LogP contribution in [0.2, 0.25) is 0 Å². The van der Waals surface area contributed by atoms with Crippen molar-refractivity contribution < 1.29 is 15.0 Å². The molecule has 0 saturated heterocycles. The first-order valence-electron chi connectivity index (χ1n) is 7.00. The van der Waals surface area contributed by atoms with Crippen LogP contribution in [0.4, 0.5) is 0 Å². The minimum atomic E-state index is -0.231. The molecule has 8 heteroatoms. The molecule has 22 heavy (non-hydrogen) atoms. The van der Waals surface area contributed by atoms with Crippen LogP contribution in [0.1, 0.15) is 26.8 Å². The smallest absolute Gasteiger partial charge is 0.266 e. The van der Waals surface area contributed by atoms with Gasteiger partial charge in [0.1, 0.15) is 4.88 Å². The van der Waals surface area contributed by atoms with Gasteiger partial charge in [-0.05, 0) is 26.8 Å². The maximum absolute atomic E-state index is 12.5. The summed E-state index contributed by atoms with van der Waals surface area (Å²) in [5.41, 5.74) is 2.46. The molecule has 7 nitrogen and oxygen atoms in total. The molecule has 0 unspecified atom stereocenters. The summed E-state index contributed by atoms with van der Waals surface area (Å²) in [4.78, 5) is 18.9. The number of aryl methyl sites for hydroxylation is 3. The molecule has 0 aliphatic rings. The Labute approximate surface area is 132 Å². The lowest BCUT2D eigenvalue weighted by Gasteiger charge is -2.19. The summed E-state index contributed by atoms with van der Waals surface area (Å²) in [6.45, 7) is 5.69. The van der Waals surface area contributed by atoms with Gasteiger partial charge >= 0.3 is 0 Å². The molecule has 0 aromatic carbocycles. The van der Waals surface area contributed by atoms with Crippen molar-refractivity contribution in [1.82, 2.24) is 19.7 Å². The Bertz CT molecular complexity index is 659. The SMILES string of the molecule is Cc1cc(C)n(-c2nc(C)c(C(=O)N(CCO)CCO)s2)n1. The summed E-state index contributed by atoms with van der Waals surface area (Å²) in [7, 11) is 0. The van der Waals surface area contributed by atoms with Gasteiger partial charge in [-0.2, -0.15) is 5.10 Å². The highest BCUT2D eigenvalue weighted by atomic mass is 32.1. The van der Waals surface area contributed by atoms with E-state index in [-0.39, 0.29) is 32.2 Å². The van der Waals surface area contributed by atoms with Crippen molar-refractivity contribution in [3.63, 3.8) is 0 Å². The molecule has 2 rings (SSSR count). The highest BCUT2D eigenvalue weighted by Gasteiger charge is 2.22. The maximum atomic E-state index is 12.5. The minimum Gasteiger partial charge on any atom is -0.395 e. The number of aliphatic hydroxyl groups excluding tert-OH is 2. The first-order valence-corrected chi connectivity index (χ1v) is 7.81. The van der Waals surface area contributed by atoms with Crippen LogP contribution in [-0.2, 0) is 0 Å². The number of aromatic nitrogens is 3. The molecule has 2 N–H and O–H groups in total. The number of rotatable bonds is 6. The average molecular weight is 324 g/mol. The van der Waals surface area contributed by atoms with Crippen LogP contribution >= 0.6 is 11.3 Å². The molecule has 2 aromatic heterocycles. The van der Waals surface area contributed by atoms with Gasteiger partial charge in [-0.25, -0.2) is 9.67 Å². The number of hydrogen-bond acceptors (Lipinski definition) is 6. The summed E-state index contributed by atoms with van der Waals surface area (Å²) in [5.74, 6) is -0.231. The average Bonchev–Trinajstić information content (AvgIpc) is 3.00. The maximum Gasteiger partial charge on any atom is 0.266 e. The van der Waals surface area contributed by atoms with Crippen molar-refractivity contribution in [3.05, 3.63) is 28.0 Å². The summed E-state index contributed by atoms with van der Waals surface area (Å²) < 4.78 is 1.71. The van der Waals surface area contributed by atoms with Gasteiger partial charge in [0.05, 0.1) is 24.6 Å². The second-order valence-corrected chi connectivity index (χ2v) is 5.97. The van der Waals surface area contributed by atoms with Crippen LogP contribution in [0, 0.1) is 20.8 Å². The van der Waals surface area contributed by atoms with E-state index in [2.05, 4.69) is 10.1 Å². The molecule has 0 bridgehead atoms. The zero-order valence-corrected chi connectivity index (χ0v) is 13.7. The first kappa shape index (κ1) is 16.6. The monoisotopic (exact) mass is 324 g/mol. The Morgan fingerprint density at radius 1 is 1.27 bits per heavy atom. The van der Waals surface area contributed by atoms with E-state index in [9.17, 15) is 4.79 Å². The van der Waals surface area contributed by atoms with Crippen LogP contribution in [-0.4, -0.2) is 62.1 Å². The molecule has 0 fully saturated rings. The van der Waals surface area contributed by atoms with E-state index in [1.165, 1.54) is 16.2 Å². The Morgan fingerprint density at radius 3 is 2.41 bits per heavy atom. The van der Waals surface area contributed by atoms with Crippen LogP contribution < -0.4 is 0 Å². The number of thiazole rings is 1. The summed E-state index contributed by atoms with van der Waals surface area (Å²) in [6.07, 6.45) is 0. The number of carbonyl (C=O) groups excluding carboxylic acids is 1. The molecule has 0 aliphatic heterocycles.